The van der Waals surface area contributed by atoms with Crippen molar-refractivity contribution in [2.45, 2.75) is 26.7 Å². The predicted octanol–water partition coefficient (Wildman–Crippen LogP) is 2.36. The van der Waals surface area contributed by atoms with Crippen molar-refractivity contribution in [1.29, 1.82) is 0 Å². The highest BCUT2D eigenvalue weighted by Gasteiger charge is 2.19. The Morgan fingerprint density at radius 1 is 1.41 bits per heavy atom. The summed E-state index contributed by atoms with van der Waals surface area (Å²) < 4.78 is 0. The maximum Gasteiger partial charge on any atom is 0.275 e. The highest BCUT2D eigenvalue weighted by Crippen LogP contribution is 2.26. The van der Waals surface area contributed by atoms with Crippen LogP contribution >= 0.6 is 0 Å². The van der Waals surface area contributed by atoms with Crippen LogP contribution in [0.15, 0.2) is 12.1 Å². The van der Waals surface area contributed by atoms with Crippen molar-refractivity contribution in [3.63, 3.8) is 0 Å². The first-order valence-electron chi connectivity index (χ1n) is 6.03. The summed E-state index contributed by atoms with van der Waals surface area (Å²) in [4.78, 5) is 10.6. The summed E-state index contributed by atoms with van der Waals surface area (Å²) in [5.74, 6) is 0.676. The summed E-state index contributed by atoms with van der Waals surface area (Å²) in [5, 5.41) is 14.2. The van der Waals surface area contributed by atoms with Gasteiger partial charge < -0.3 is 5.32 Å². The molecule has 1 atom stereocenters. The normalized spacial score (nSPS) is 19.5. The SMILES string of the molecule is Cc1cc(CC2CCNC2)cc(C)c1[N+](=O)[O-]. The van der Waals surface area contributed by atoms with Crippen molar-refractivity contribution in [1.82, 2.24) is 5.32 Å². The highest BCUT2D eigenvalue weighted by atomic mass is 16.6. The van der Waals surface area contributed by atoms with Gasteiger partial charge in [0.15, 0.2) is 0 Å². The summed E-state index contributed by atoms with van der Waals surface area (Å²) in [6.45, 7) is 5.80. The Hall–Kier alpha value is -1.42. The number of aryl methyl sites for hydroxylation is 2. The van der Waals surface area contributed by atoms with Crippen LogP contribution in [0.4, 0.5) is 5.69 Å². The van der Waals surface area contributed by atoms with E-state index in [4.69, 9.17) is 0 Å². The van der Waals surface area contributed by atoms with Crippen LogP contribution in [0, 0.1) is 29.9 Å². The molecule has 92 valence electrons. The van der Waals surface area contributed by atoms with Crippen molar-refractivity contribution in [2.24, 2.45) is 5.92 Å². The van der Waals surface area contributed by atoms with E-state index in [1.54, 1.807) is 0 Å². The fourth-order valence-corrected chi connectivity index (χ4v) is 2.67. The van der Waals surface area contributed by atoms with Gasteiger partial charge in [-0.25, -0.2) is 0 Å². The minimum Gasteiger partial charge on any atom is -0.316 e. The minimum atomic E-state index is -0.286. The number of rotatable bonds is 3. The molecule has 1 aromatic rings. The van der Waals surface area contributed by atoms with Gasteiger partial charge in [-0.15, -0.1) is 0 Å². The van der Waals surface area contributed by atoms with E-state index >= 15 is 0 Å². The smallest absolute Gasteiger partial charge is 0.275 e. The fourth-order valence-electron chi connectivity index (χ4n) is 2.67. The van der Waals surface area contributed by atoms with Crippen LogP contribution in [-0.4, -0.2) is 18.0 Å². The highest BCUT2D eigenvalue weighted by molar-refractivity contribution is 5.49. The summed E-state index contributed by atoms with van der Waals surface area (Å²) >= 11 is 0. The van der Waals surface area contributed by atoms with Gasteiger partial charge in [-0.3, -0.25) is 10.1 Å². The Balaban J connectivity index is 2.22. The molecule has 0 aliphatic carbocycles. The molecular weight excluding hydrogens is 216 g/mol. The zero-order chi connectivity index (χ0) is 12.4. The van der Waals surface area contributed by atoms with Gasteiger partial charge >= 0.3 is 0 Å². The summed E-state index contributed by atoms with van der Waals surface area (Å²) in [5.41, 5.74) is 3.03. The summed E-state index contributed by atoms with van der Waals surface area (Å²) in [6, 6.07) is 3.92. The van der Waals surface area contributed by atoms with Crippen molar-refractivity contribution in [3.8, 4) is 0 Å². The monoisotopic (exact) mass is 234 g/mol. The molecule has 1 aliphatic heterocycles. The largest absolute Gasteiger partial charge is 0.316 e. The molecule has 0 radical (unpaired) electrons. The van der Waals surface area contributed by atoms with Crippen LogP contribution in [0.1, 0.15) is 23.1 Å². The average molecular weight is 234 g/mol. The zero-order valence-electron chi connectivity index (χ0n) is 10.3. The lowest BCUT2D eigenvalue weighted by Crippen LogP contribution is -2.11. The fraction of sp³-hybridized carbons (Fsp3) is 0.538. The lowest BCUT2D eigenvalue weighted by molar-refractivity contribution is -0.386. The Labute approximate surface area is 101 Å². The third-order valence-corrected chi connectivity index (χ3v) is 3.42. The molecule has 1 saturated heterocycles. The standard InChI is InChI=1S/C13H18N2O2/c1-9-5-12(7-11-3-4-14-8-11)6-10(2)13(9)15(16)17/h5-6,11,14H,3-4,7-8H2,1-2H3. The van der Waals surface area contributed by atoms with Crippen LogP contribution in [0.25, 0.3) is 0 Å². The van der Waals surface area contributed by atoms with Crippen LogP contribution in [0.3, 0.4) is 0 Å². The van der Waals surface area contributed by atoms with Crippen molar-refractivity contribution < 1.29 is 4.92 Å². The number of nitrogens with zero attached hydrogens (tertiary/aromatic N) is 1. The lowest BCUT2D eigenvalue weighted by Gasteiger charge is -2.10. The molecule has 4 nitrogen and oxygen atoms in total. The molecule has 1 heterocycles. The van der Waals surface area contributed by atoms with Crippen LogP contribution in [0.2, 0.25) is 0 Å². The molecule has 1 fully saturated rings. The molecule has 0 spiro atoms. The van der Waals surface area contributed by atoms with E-state index in [1.165, 1.54) is 12.0 Å². The number of nitrogens with one attached hydrogen (secondary N) is 1. The van der Waals surface area contributed by atoms with E-state index < -0.39 is 0 Å². The van der Waals surface area contributed by atoms with Crippen molar-refractivity contribution in [2.75, 3.05) is 13.1 Å². The molecule has 0 saturated carbocycles. The first kappa shape index (κ1) is 12.0. The van der Waals surface area contributed by atoms with Gasteiger partial charge in [-0.2, -0.15) is 0 Å². The first-order chi connectivity index (χ1) is 8.08. The third kappa shape index (κ3) is 2.64. The Bertz CT molecular complexity index is 414. The molecular formula is C13H18N2O2. The second-order valence-corrected chi connectivity index (χ2v) is 4.90. The van der Waals surface area contributed by atoms with E-state index in [-0.39, 0.29) is 10.6 Å². The maximum absolute atomic E-state index is 10.9. The van der Waals surface area contributed by atoms with Gasteiger partial charge in [0.2, 0.25) is 0 Å². The maximum atomic E-state index is 10.9. The van der Waals surface area contributed by atoms with Crippen molar-refractivity contribution in [3.05, 3.63) is 38.9 Å². The number of benzene rings is 1. The van der Waals surface area contributed by atoms with E-state index in [0.29, 0.717) is 5.92 Å². The molecule has 1 N–H and O–H groups in total. The second-order valence-electron chi connectivity index (χ2n) is 4.90. The summed E-state index contributed by atoms with van der Waals surface area (Å²) in [7, 11) is 0. The van der Waals surface area contributed by atoms with E-state index in [0.717, 1.165) is 30.6 Å². The first-order valence-corrected chi connectivity index (χ1v) is 6.03. The quantitative estimate of drug-likeness (QED) is 0.645. The second kappa shape index (κ2) is 4.84. The zero-order valence-corrected chi connectivity index (χ0v) is 10.3. The lowest BCUT2D eigenvalue weighted by atomic mass is 9.95. The Morgan fingerprint density at radius 2 is 2.06 bits per heavy atom. The van der Waals surface area contributed by atoms with E-state index in [2.05, 4.69) is 5.32 Å². The van der Waals surface area contributed by atoms with Gasteiger partial charge in [-0.1, -0.05) is 0 Å². The Morgan fingerprint density at radius 3 is 2.53 bits per heavy atom. The molecule has 4 heteroatoms. The third-order valence-electron chi connectivity index (χ3n) is 3.42. The molecule has 0 amide bonds. The molecule has 1 aromatic carbocycles. The number of hydrogen-bond acceptors (Lipinski definition) is 3. The topological polar surface area (TPSA) is 55.2 Å². The van der Waals surface area contributed by atoms with Gasteiger partial charge in [0.25, 0.3) is 5.69 Å². The van der Waals surface area contributed by atoms with Gasteiger partial charge in [0, 0.05) is 11.1 Å². The number of nitro groups is 1. The minimum absolute atomic E-state index is 0.262. The van der Waals surface area contributed by atoms with Crippen LogP contribution < -0.4 is 5.32 Å². The summed E-state index contributed by atoms with van der Waals surface area (Å²) in [6.07, 6.45) is 2.22. The van der Waals surface area contributed by atoms with E-state index in [1.807, 2.05) is 26.0 Å². The van der Waals surface area contributed by atoms with Gasteiger partial charge in [0.05, 0.1) is 4.92 Å². The average Bonchev–Trinajstić information content (AvgIpc) is 2.68. The molecule has 2 rings (SSSR count). The number of nitro benzene ring substituents is 1. The molecule has 0 bridgehead atoms. The van der Waals surface area contributed by atoms with E-state index in [9.17, 15) is 10.1 Å². The molecule has 17 heavy (non-hydrogen) atoms. The molecule has 0 aromatic heterocycles. The Kier molecular flexibility index (Phi) is 3.43. The van der Waals surface area contributed by atoms with Crippen LogP contribution in [0.5, 0.6) is 0 Å². The van der Waals surface area contributed by atoms with Gasteiger partial charge in [-0.05, 0) is 63.4 Å². The van der Waals surface area contributed by atoms with Crippen molar-refractivity contribution >= 4 is 5.69 Å². The molecule has 1 unspecified atom stereocenters. The van der Waals surface area contributed by atoms with Crippen LogP contribution in [-0.2, 0) is 6.42 Å². The molecule has 1 aliphatic rings. The van der Waals surface area contributed by atoms with Gasteiger partial charge in [0.1, 0.15) is 0 Å². The predicted molar refractivity (Wildman–Crippen MR) is 67.3 cm³/mol. The number of hydrogen-bond donors (Lipinski definition) is 1.